The van der Waals surface area contributed by atoms with E-state index in [0.29, 0.717) is 39.1 Å². The fourth-order valence-electron chi connectivity index (χ4n) is 4.13. The zero-order valence-corrected chi connectivity index (χ0v) is 15.4. The Bertz CT molecular complexity index is 565. The van der Waals surface area contributed by atoms with Gasteiger partial charge in [-0.15, -0.1) is 0 Å². The zero-order chi connectivity index (χ0) is 18.4. The van der Waals surface area contributed by atoms with Crippen LogP contribution in [-0.4, -0.2) is 60.7 Å². The predicted octanol–water partition coefficient (Wildman–Crippen LogP) is 2.73. The summed E-state index contributed by atoms with van der Waals surface area (Å²) in [5.74, 6) is 0. The van der Waals surface area contributed by atoms with Gasteiger partial charge < -0.3 is 24.2 Å². The Balaban J connectivity index is 1.49. The topological polar surface area (TPSA) is 68.2 Å². The van der Waals surface area contributed by atoms with E-state index in [-0.39, 0.29) is 24.8 Å². The van der Waals surface area contributed by atoms with Gasteiger partial charge in [0.05, 0.1) is 18.8 Å². The average molecular weight is 363 g/mol. The Morgan fingerprint density at radius 2 is 1.85 bits per heavy atom. The molecule has 2 saturated heterocycles. The molecule has 2 fully saturated rings. The Labute approximate surface area is 155 Å². The van der Waals surface area contributed by atoms with Gasteiger partial charge in [-0.1, -0.05) is 30.3 Å². The predicted molar refractivity (Wildman–Crippen MR) is 96.8 cm³/mol. The summed E-state index contributed by atoms with van der Waals surface area (Å²) in [6, 6.07) is 9.81. The lowest BCUT2D eigenvalue weighted by Gasteiger charge is -2.43. The summed E-state index contributed by atoms with van der Waals surface area (Å²) in [5.41, 5.74) is 0.227. The van der Waals surface area contributed by atoms with Crippen molar-refractivity contribution in [2.75, 3.05) is 26.9 Å². The van der Waals surface area contributed by atoms with Crippen LogP contribution in [0, 0.1) is 0 Å². The number of hydrogen-bond donors (Lipinski definition) is 1. The third-order valence-electron chi connectivity index (χ3n) is 5.41. The van der Waals surface area contributed by atoms with Gasteiger partial charge in [-0.25, -0.2) is 4.79 Å². The van der Waals surface area contributed by atoms with Crippen LogP contribution in [0.2, 0.25) is 0 Å². The molecule has 0 spiro atoms. The molecule has 144 valence electrons. The van der Waals surface area contributed by atoms with Crippen LogP contribution in [0.1, 0.15) is 37.7 Å². The molecule has 1 aromatic rings. The molecule has 0 radical (unpaired) electrons. The molecule has 2 aliphatic rings. The fraction of sp³-hybridized carbons (Fsp3) is 0.650. The SMILES string of the molecule is COCCOCCC1(O)CC2CCC(C1)N2C(=O)OCc1ccccc1. The minimum atomic E-state index is -0.755. The number of hydrogen-bond acceptors (Lipinski definition) is 5. The summed E-state index contributed by atoms with van der Waals surface area (Å²) in [7, 11) is 1.64. The second kappa shape index (κ2) is 8.84. The van der Waals surface area contributed by atoms with Crippen LogP contribution < -0.4 is 0 Å². The first-order valence-electron chi connectivity index (χ1n) is 9.39. The van der Waals surface area contributed by atoms with Crippen molar-refractivity contribution in [1.29, 1.82) is 0 Å². The molecule has 6 nitrogen and oxygen atoms in total. The van der Waals surface area contributed by atoms with Crippen molar-refractivity contribution in [2.45, 2.75) is 56.4 Å². The first kappa shape index (κ1) is 19.1. The molecule has 0 aromatic heterocycles. The van der Waals surface area contributed by atoms with Gasteiger partial charge in [0, 0.05) is 25.8 Å². The molecule has 1 aromatic carbocycles. The monoisotopic (exact) mass is 363 g/mol. The van der Waals surface area contributed by atoms with E-state index in [2.05, 4.69) is 0 Å². The molecule has 1 N–H and O–H groups in total. The second-order valence-corrected chi connectivity index (χ2v) is 7.32. The highest BCUT2D eigenvalue weighted by Gasteiger charge is 2.49. The molecule has 2 atom stereocenters. The minimum absolute atomic E-state index is 0.0565. The van der Waals surface area contributed by atoms with Crippen molar-refractivity contribution in [1.82, 2.24) is 4.90 Å². The van der Waals surface area contributed by atoms with E-state index >= 15 is 0 Å². The smallest absolute Gasteiger partial charge is 0.410 e. The van der Waals surface area contributed by atoms with Gasteiger partial charge in [0.15, 0.2) is 0 Å². The standard InChI is InChI=1S/C20H29NO5/c1-24-11-12-25-10-9-20(23)13-17-7-8-18(14-20)21(17)19(22)26-15-16-5-3-2-4-6-16/h2-6,17-18,23H,7-15H2,1H3. The molecular formula is C20H29NO5. The first-order valence-corrected chi connectivity index (χ1v) is 9.39. The van der Waals surface area contributed by atoms with E-state index in [4.69, 9.17) is 14.2 Å². The summed E-state index contributed by atoms with van der Waals surface area (Å²) < 4.78 is 16.0. The molecule has 0 aliphatic carbocycles. The van der Waals surface area contributed by atoms with Crippen molar-refractivity contribution in [3.05, 3.63) is 35.9 Å². The number of carbonyl (C=O) groups excluding carboxylic acids is 1. The summed E-state index contributed by atoms with van der Waals surface area (Å²) in [6.45, 7) is 1.90. The van der Waals surface area contributed by atoms with E-state index < -0.39 is 5.60 Å². The summed E-state index contributed by atoms with van der Waals surface area (Å²) in [6.07, 6.45) is 3.38. The zero-order valence-electron chi connectivity index (χ0n) is 15.4. The van der Waals surface area contributed by atoms with Gasteiger partial charge >= 0.3 is 6.09 Å². The molecule has 6 heteroatoms. The van der Waals surface area contributed by atoms with Crippen molar-refractivity contribution in [2.24, 2.45) is 0 Å². The molecular weight excluding hydrogens is 334 g/mol. The third-order valence-corrected chi connectivity index (χ3v) is 5.41. The van der Waals surface area contributed by atoms with Crippen molar-refractivity contribution >= 4 is 6.09 Å². The molecule has 2 aliphatic heterocycles. The van der Waals surface area contributed by atoms with Crippen molar-refractivity contribution in [3.8, 4) is 0 Å². The molecule has 1 amide bonds. The average Bonchev–Trinajstić information content (AvgIpc) is 2.93. The minimum Gasteiger partial charge on any atom is -0.445 e. The van der Waals surface area contributed by atoms with Gasteiger partial charge in [0.2, 0.25) is 0 Å². The second-order valence-electron chi connectivity index (χ2n) is 7.32. The Hall–Kier alpha value is -1.63. The Kier molecular flexibility index (Phi) is 6.51. The number of aliphatic hydroxyl groups is 1. The highest BCUT2D eigenvalue weighted by atomic mass is 16.6. The summed E-state index contributed by atoms with van der Waals surface area (Å²) in [4.78, 5) is 14.4. The van der Waals surface area contributed by atoms with Gasteiger partial charge in [-0.05, 0) is 37.7 Å². The summed E-state index contributed by atoms with van der Waals surface area (Å²) >= 11 is 0. The highest BCUT2D eigenvalue weighted by molar-refractivity contribution is 5.69. The number of rotatable bonds is 8. The number of nitrogens with zero attached hydrogens (tertiary/aromatic N) is 1. The van der Waals surface area contributed by atoms with Crippen LogP contribution in [0.5, 0.6) is 0 Å². The Morgan fingerprint density at radius 1 is 1.15 bits per heavy atom. The van der Waals surface area contributed by atoms with Gasteiger partial charge in [-0.2, -0.15) is 0 Å². The molecule has 0 saturated carbocycles. The lowest BCUT2D eigenvalue weighted by molar-refractivity contribution is -0.0690. The largest absolute Gasteiger partial charge is 0.445 e. The van der Waals surface area contributed by atoms with E-state index in [9.17, 15) is 9.90 Å². The van der Waals surface area contributed by atoms with E-state index in [1.54, 1.807) is 7.11 Å². The maximum absolute atomic E-state index is 12.6. The normalized spacial score (nSPS) is 27.5. The van der Waals surface area contributed by atoms with Gasteiger partial charge in [0.1, 0.15) is 6.61 Å². The quantitative estimate of drug-likeness (QED) is 0.719. The molecule has 3 rings (SSSR count). The van der Waals surface area contributed by atoms with Crippen LogP contribution in [0.3, 0.4) is 0 Å². The van der Waals surface area contributed by atoms with Crippen LogP contribution in [-0.2, 0) is 20.8 Å². The molecule has 2 bridgehead atoms. The molecule has 2 heterocycles. The Morgan fingerprint density at radius 3 is 2.50 bits per heavy atom. The van der Waals surface area contributed by atoms with Crippen LogP contribution in [0.4, 0.5) is 4.79 Å². The van der Waals surface area contributed by atoms with Crippen molar-refractivity contribution < 1.29 is 24.1 Å². The van der Waals surface area contributed by atoms with Crippen LogP contribution in [0.15, 0.2) is 30.3 Å². The molecule has 2 unspecified atom stereocenters. The van der Waals surface area contributed by atoms with Crippen LogP contribution in [0.25, 0.3) is 0 Å². The van der Waals surface area contributed by atoms with Gasteiger partial charge in [0.25, 0.3) is 0 Å². The maximum atomic E-state index is 12.6. The lowest BCUT2D eigenvalue weighted by atomic mass is 9.84. The third kappa shape index (κ3) is 4.75. The number of carbonyl (C=O) groups is 1. The number of piperidine rings is 1. The lowest BCUT2D eigenvalue weighted by Crippen LogP contribution is -2.53. The van der Waals surface area contributed by atoms with E-state index in [0.717, 1.165) is 18.4 Å². The maximum Gasteiger partial charge on any atom is 0.410 e. The van der Waals surface area contributed by atoms with E-state index in [1.165, 1.54) is 0 Å². The number of methoxy groups -OCH3 is 1. The van der Waals surface area contributed by atoms with Crippen molar-refractivity contribution in [3.63, 3.8) is 0 Å². The molecule has 26 heavy (non-hydrogen) atoms. The number of benzene rings is 1. The van der Waals surface area contributed by atoms with Gasteiger partial charge in [-0.3, -0.25) is 0 Å². The number of amides is 1. The summed E-state index contributed by atoms with van der Waals surface area (Å²) in [5, 5.41) is 10.9. The fourth-order valence-corrected chi connectivity index (χ4v) is 4.13. The van der Waals surface area contributed by atoms with E-state index in [1.807, 2.05) is 35.2 Å². The number of fused-ring (bicyclic) bond motifs is 2. The van der Waals surface area contributed by atoms with Crippen LogP contribution >= 0.6 is 0 Å². The first-order chi connectivity index (χ1) is 12.6. The highest BCUT2D eigenvalue weighted by Crippen LogP contribution is 2.42. The number of ether oxygens (including phenoxy) is 3.